The summed E-state index contributed by atoms with van der Waals surface area (Å²) in [7, 11) is 0. The molecule has 2 saturated heterocycles. The van der Waals surface area contributed by atoms with Crippen LogP contribution in [-0.4, -0.2) is 37.1 Å². The molecule has 2 aliphatic heterocycles. The van der Waals surface area contributed by atoms with Crippen LogP contribution >= 0.6 is 0 Å². The lowest BCUT2D eigenvalue weighted by Crippen LogP contribution is -2.47. The van der Waals surface area contributed by atoms with Gasteiger partial charge in [-0.15, -0.1) is 0 Å². The molecule has 0 aromatic rings. The molecule has 0 bridgehead atoms. The Kier molecular flexibility index (Phi) is 4.14. The van der Waals surface area contributed by atoms with Gasteiger partial charge in [-0.25, -0.2) is 0 Å². The second kappa shape index (κ2) is 5.27. The lowest BCUT2D eigenvalue weighted by Gasteiger charge is -2.34. The zero-order valence-corrected chi connectivity index (χ0v) is 12.1. The molecule has 0 aliphatic carbocycles. The summed E-state index contributed by atoms with van der Waals surface area (Å²) in [6.07, 6.45) is 4.17. The van der Waals surface area contributed by atoms with Crippen molar-refractivity contribution in [3.8, 4) is 0 Å². The fourth-order valence-corrected chi connectivity index (χ4v) is 3.34. The lowest BCUT2D eigenvalue weighted by atomic mass is 9.80. The quantitative estimate of drug-likeness (QED) is 0.796. The molecular weight excluding hydrogens is 208 g/mol. The first-order valence-electron chi connectivity index (χ1n) is 7.42. The third-order valence-electron chi connectivity index (χ3n) is 4.88. The molecule has 1 N–H and O–H groups in total. The van der Waals surface area contributed by atoms with Gasteiger partial charge in [-0.05, 0) is 49.6 Å². The Morgan fingerprint density at radius 1 is 1.24 bits per heavy atom. The van der Waals surface area contributed by atoms with Crippen molar-refractivity contribution in [3.05, 3.63) is 0 Å². The molecule has 2 fully saturated rings. The van der Waals surface area contributed by atoms with E-state index in [1.807, 2.05) is 0 Å². The van der Waals surface area contributed by atoms with E-state index in [4.69, 9.17) is 0 Å². The number of nitrogens with zero attached hydrogens (tertiary/aromatic N) is 1. The maximum atomic E-state index is 3.71. The van der Waals surface area contributed by atoms with Crippen LogP contribution in [0.25, 0.3) is 0 Å². The van der Waals surface area contributed by atoms with Crippen molar-refractivity contribution in [3.63, 3.8) is 0 Å². The van der Waals surface area contributed by atoms with Crippen LogP contribution in [0, 0.1) is 17.3 Å². The maximum Gasteiger partial charge on any atom is 0.0220 e. The van der Waals surface area contributed by atoms with Crippen molar-refractivity contribution in [1.29, 1.82) is 0 Å². The van der Waals surface area contributed by atoms with Crippen LogP contribution in [0.2, 0.25) is 0 Å². The molecule has 0 saturated carbocycles. The van der Waals surface area contributed by atoms with Crippen LogP contribution in [0.15, 0.2) is 0 Å². The average Bonchev–Trinajstić information content (AvgIpc) is 2.69. The molecular formula is C15H30N2. The Morgan fingerprint density at radius 2 is 2.00 bits per heavy atom. The van der Waals surface area contributed by atoms with Crippen molar-refractivity contribution in [2.24, 2.45) is 17.3 Å². The molecule has 2 heterocycles. The van der Waals surface area contributed by atoms with Crippen molar-refractivity contribution < 1.29 is 0 Å². The first-order valence-corrected chi connectivity index (χ1v) is 7.42. The molecule has 2 rings (SSSR count). The van der Waals surface area contributed by atoms with E-state index in [1.54, 1.807) is 0 Å². The van der Waals surface area contributed by atoms with Gasteiger partial charge in [0.1, 0.15) is 0 Å². The molecule has 2 nitrogen and oxygen atoms in total. The molecule has 3 atom stereocenters. The standard InChI is InChI=1S/C15H30N2/c1-12-6-5-8-16-14(12)11-17-9-7-13(10-17)15(2,3)4/h12-14,16H,5-11H2,1-4H3. The largest absolute Gasteiger partial charge is 0.312 e. The SMILES string of the molecule is CC1CCCNC1CN1CCC(C(C)(C)C)C1. The molecule has 0 aromatic heterocycles. The molecule has 0 radical (unpaired) electrons. The highest BCUT2D eigenvalue weighted by atomic mass is 15.2. The number of hydrogen-bond donors (Lipinski definition) is 1. The van der Waals surface area contributed by atoms with Gasteiger partial charge in [0.25, 0.3) is 0 Å². The Hall–Kier alpha value is -0.0800. The van der Waals surface area contributed by atoms with Gasteiger partial charge in [0.2, 0.25) is 0 Å². The van der Waals surface area contributed by atoms with E-state index in [0.717, 1.165) is 17.9 Å². The van der Waals surface area contributed by atoms with Gasteiger partial charge in [0.05, 0.1) is 0 Å². The highest BCUT2D eigenvalue weighted by Gasteiger charge is 2.33. The van der Waals surface area contributed by atoms with E-state index in [9.17, 15) is 0 Å². The van der Waals surface area contributed by atoms with E-state index in [1.165, 1.54) is 45.4 Å². The molecule has 0 amide bonds. The number of likely N-dealkylation sites (tertiary alicyclic amines) is 1. The zero-order valence-electron chi connectivity index (χ0n) is 12.1. The van der Waals surface area contributed by atoms with Gasteiger partial charge in [-0.3, -0.25) is 0 Å². The summed E-state index contributed by atoms with van der Waals surface area (Å²) in [5, 5.41) is 3.71. The van der Waals surface area contributed by atoms with Gasteiger partial charge in [0.15, 0.2) is 0 Å². The van der Waals surface area contributed by atoms with Crippen LogP contribution in [0.4, 0.5) is 0 Å². The van der Waals surface area contributed by atoms with E-state index < -0.39 is 0 Å². The number of hydrogen-bond acceptors (Lipinski definition) is 2. The highest BCUT2D eigenvalue weighted by molar-refractivity contribution is 4.88. The molecule has 2 heteroatoms. The fourth-order valence-electron chi connectivity index (χ4n) is 3.34. The Labute approximate surface area is 107 Å². The minimum Gasteiger partial charge on any atom is -0.312 e. The number of nitrogens with one attached hydrogen (secondary N) is 1. The first kappa shape index (κ1) is 13.4. The third-order valence-corrected chi connectivity index (χ3v) is 4.88. The van der Waals surface area contributed by atoms with Crippen LogP contribution in [0.1, 0.15) is 47.0 Å². The predicted molar refractivity (Wildman–Crippen MR) is 74.2 cm³/mol. The molecule has 3 unspecified atom stereocenters. The Bertz CT molecular complexity index is 244. The molecule has 100 valence electrons. The number of piperidine rings is 1. The van der Waals surface area contributed by atoms with Crippen LogP contribution in [0.3, 0.4) is 0 Å². The van der Waals surface area contributed by atoms with Crippen molar-refractivity contribution in [2.45, 2.75) is 53.0 Å². The Morgan fingerprint density at radius 3 is 2.59 bits per heavy atom. The van der Waals surface area contributed by atoms with Gasteiger partial charge >= 0.3 is 0 Å². The highest BCUT2D eigenvalue weighted by Crippen LogP contribution is 2.33. The van der Waals surface area contributed by atoms with E-state index >= 15 is 0 Å². The van der Waals surface area contributed by atoms with Crippen LogP contribution in [-0.2, 0) is 0 Å². The minimum absolute atomic E-state index is 0.486. The summed E-state index contributed by atoms with van der Waals surface area (Å²) in [5.74, 6) is 1.75. The summed E-state index contributed by atoms with van der Waals surface area (Å²) in [6.45, 7) is 14.7. The van der Waals surface area contributed by atoms with Gasteiger partial charge < -0.3 is 10.2 Å². The monoisotopic (exact) mass is 238 g/mol. The third kappa shape index (κ3) is 3.45. The first-order chi connectivity index (χ1) is 7.97. The average molecular weight is 238 g/mol. The zero-order chi connectivity index (χ0) is 12.5. The lowest BCUT2D eigenvalue weighted by molar-refractivity contribution is 0.190. The van der Waals surface area contributed by atoms with Gasteiger partial charge in [-0.2, -0.15) is 0 Å². The fraction of sp³-hybridized carbons (Fsp3) is 1.00. The van der Waals surface area contributed by atoms with E-state index in [0.29, 0.717) is 5.41 Å². The normalized spacial score (nSPS) is 36.4. The molecule has 17 heavy (non-hydrogen) atoms. The summed E-state index contributed by atoms with van der Waals surface area (Å²) in [4.78, 5) is 2.69. The van der Waals surface area contributed by atoms with E-state index in [-0.39, 0.29) is 0 Å². The van der Waals surface area contributed by atoms with Crippen molar-refractivity contribution >= 4 is 0 Å². The summed E-state index contributed by atoms with van der Waals surface area (Å²) in [5.41, 5.74) is 0.486. The minimum atomic E-state index is 0.486. The maximum absolute atomic E-state index is 3.71. The second-order valence-electron chi connectivity index (χ2n) is 7.29. The Balaban J connectivity index is 1.81. The van der Waals surface area contributed by atoms with Gasteiger partial charge in [0, 0.05) is 19.1 Å². The number of rotatable bonds is 2. The summed E-state index contributed by atoms with van der Waals surface area (Å²) in [6, 6.07) is 0.738. The topological polar surface area (TPSA) is 15.3 Å². The van der Waals surface area contributed by atoms with Crippen molar-refractivity contribution in [1.82, 2.24) is 10.2 Å². The van der Waals surface area contributed by atoms with Gasteiger partial charge in [-0.1, -0.05) is 27.7 Å². The molecule has 2 aliphatic rings. The van der Waals surface area contributed by atoms with Crippen molar-refractivity contribution in [2.75, 3.05) is 26.2 Å². The van der Waals surface area contributed by atoms with Crippen LogP contribution < -0.4 is 5.32 Å². The summed E-state index contributed by atoms with van der Waals surface area (Å²) < 4.78 is 0. The van der Waals surface area contributed by atoms with Crippen LogP contribution in [0.5, 0.6) is 0 Å². The molecule has 0 spiro atoms. The van der Waals surface area contributed by atoms with E-state index in [2.05, 4.69) is 37.9 Å². The summed E-state index contributed by atoms with van der Waals surface area (Å²) >= 11 is 0. The smallest absolute Gasteiger partial charge is 0.0220 e. The second-order valence-corrected chi connectivity index (χ2v) is 7.29. The molecule has 0 aromatic carbocycles. The predicted octanol–water partition coefficient (Wildman–Crippen LogP) is 2.74.